The van der Waals surface area contributed by atoms with Gasteiger partial charge in [-0.1, -0.05) is 0 Å². The summed E-state index contributed by atoms with van der Waals surface area (Å²) in [5.41, 5.74) is -0.732. The van der Waals surface area contributed by atoms with Gasteiger partial charge in [0.15, 0.2) is 0 Å². The molecule has 2 aromatic carbocycles. The first kappa shape index (κ1) is 30.3. The van der Waals surface area contributed by atoms with Gasteiger partial charge in [-0.15, -0.1) is 0 Å². The molecule has 37 heavy (non-hydrogen) atoms. The van der Waals surface area contributed by atoms with Gasteiger partial charge >= 0.3 is 225 Å². The molecule has 10 heteroatoms. The maximum absolute atomic E-state index is 13.5. The molecule has 8 nitrogen and oxygen atoms in total. The third kappa shape index (κ3) is 7.09. The summed E-state index contributed by atoms with van der Waals surface area (Å²) in [4.78, 5) is 53.9. The van der Waals surface area contributed by atoms with Crippen LogP contribution in [0.1, 0.15) is 69.1 Å². The van der Waals surface area contributed by atoms with E-state index in [1.165, 1.54) is 0 Å². The predicted molar refractivity (Wildman–Crippen MR) is 145 cm³/mol. The number of hydrogen-bond acceptors (Lipinski definition) is 8. The van der Waals surface area contributed by atoms with Crippen LogP contribution in [0.25, 0.3) is 0 Å². The van der Waals surface area contributed by atoms with Crippen LogP contribution >= 0.6 is 0 Å². The summed E-state index contributed by atoms with van der Waals surface area (Å²) in [5, 5.41) is 0.564. The molecule has 0 saturated heterocycles. The number of esters is 4. The standard InChI is InChI=1S/C27H34O8SeSi/c1-8-32-24(28)18-19(25(29)33-9-2)21(27(31)35-11-4)23(37(5,6)7)22(20(18)26(30)34-10-3)36-17-15-13-12-14-16-17/h12-16H,8-11H2,1-7H3. The fraction of sp³-hybridized carbons (Fsp3) is 0.407. The average molecular weight is 594 g/mol. The van der Waals surface area contributed by atoms with Gasteiger partial charge in [0.05, 0.1) is 0 Å². The van der Waals surface area contributed by atoms with E-state index >= 15 is 0 Å². The van der Waals surface area contributed by atoms with Crippen molar-refractivity contribution in [2.45, 2.75) is 47.3 Å². The van der Waals surface area contributed by atoms with Crippen LogP contribution < -0.4 is 14.1 Å². The Hall–Kier alpha value is -2.94. The number of benzene rings is 2. The number of hydrogen-bond donors (Lipinski definition) is 0. The summed E-state index contributed by atoms with van der Waals surface area (Å²) in [5.74, 6) is -3.34. The van der Waals surface area contributed by atoms with Gasteiger partial charge in [0.2, 0.25) is 0 Å². The Bertz CT molecular complexity index is 1160. The molecule has 0 spiro atoms. The Balaban J connectivity index is 3.26. The second-order valence-corrected chi connectivity index (χ2v) is 16.0. The van der Waals surface area contributed by atoms with Gasteiger partial charge in [-0.3, -0.25) is 0 Å². The van der Waals surface area contributed by atoms with Crippen molar-refractivity contribution in [1.82, 2.24) is 0 Å². The first-order valence-electron chi connectivity index (χ1n) is 12.2. The molecule has 0 aromatic heterocycles. The van der Waals surface area contributed by atoms with Gasteiger partial charge in [0, 0.05) is 0 Å². The molecule has 0 heterocycles. The number of rotatable bonds is 11. The third-order valence-corrected chi connectivity index (χ3v) is 9.84. The third-order valence-electron chi connectivity index (χ3n) is 5.09. The molecule has 0 atom stereocenters. The van der Waals surface area contributed by atoms with Crippen LogP contribution in [0.4, 0.5) is 0 Å². The van der Waals surface area contributed by atoms with E-state index in [1.807, 2.05) is 50.0 Å². The minimum atomic E-state index is -2.50. The van der Waals surface area contributed by atoms with Gasteiger partial charge in [0.1, 0.15) is 0 Å². The zero-order chi connectivity index (χ0) is 27.8. The Morgan fingerprint density at radius 1 is 0.622 bits per heavy atom. The Kier molecular flexibility index (Phi) is 11.1. The monoisotopic (exact) mass is 594 g/mol. The molecule has 0 unspecified atom stereocenters. The second-order valence-electron chi connectivity index (χ2n) is 8.75. The van der Waals surface area contributed by atoms with Crippen LogP contribution in [0.3, 0.4) is 0 Å². The van der Waals surface area contributed by atoms with Gasteiger partial charge in [0.25, 0.3) is 0 Å². The Morgan fingerprint density at radius 2 is 1.00 bits per heavy atom. The zero-order valence-electron chi connectivity index (χ0n) is 22.4. The van der Waals surface area contributed by atoms with Crippen molar-refractivity contribution < 1.29 is 38.1 Å². The summed E-state index contributed by atoms with van der Waals surface area (Å²) in [7, 11) is -2.50. The van der Waals surface area contributed by atoms with E-state index in [0.29, 0.717) is 9.65 Å². The second kappa shape index (κ2) is 13.6. The van der Waals surface area contributed by atoms with E-state index in [4.69, 9.17) is 18.9 Å². The summed E-state index contributed by atoms with van der Waals surface area (Å²) in [6, 6.07) is 9.46. The normalized spacial score (nSPS) is 11.0. The summed E-state index contributed by atoms with van der Waals surface area (Å²) in [6.07, 6.45) is 0. The summed E-state index contributed by atoms with van der Waals surface area (Å²) >= 11 is -0.533. The molecular formula is C27H34O8SeSi. The number of carbonyl (C=O) groups excluding carboxylic acids is 4. The molecule has 0 aliphatic rings. The van der Waals surface area contributed by atoms with Crippen molar-refractivity contribution in [2.75, 3.05) is 26.4 Å². The van der Waals surface area contributed by atoms with Crippen LogP contribution in [0.5, 0.6) is 0 Å². The maximum atomic E-state index is 13.5. The van der Waals surface area contributed by atoms with Crippen molar-refractivity contribution >= 4 is 61.0 Å². The van der Waals surface area contributed by atoms with E-state index in [-0.39, 0.29) is 48.7 Å². The molecule has 0 bridgehead atoms. The van der Waals surface area contributed by atoms with Crippen molar-refractivity contribution in [2.24, 2.45) is 0 Å². The first-order valence-corrected chi connectivity index (χ1v) is 17.4. The molecule has 0 N–H and O–H groups in total. The first-order chi connectivity index (χ1) is 17.5. The number of carbonyl (C=O) groups is 4. The average Bonchev–Trinajstić information content (AvgIpc) is 2.83. The fourth-order valence-electron chi connectivity index (χ4n) is 3.77. The molecule has 2 aromatic rings. The fourth-order valence-corrected chi connectivity index (χ4v) is 9.89. The van der Waals surface area contributed by atoms with Gasteiger partial charge in [-0.2, -0.15) is 0 Å². The van der Waals surface area contributed by atoms with Crippen LogP contribution in [0, 0.1) is 0 Å². The molecule has 2 rings (SSSR count). The van der Waals surface area contributed by atoms with Crippen LogP contribution in [-0.4, -0.2) is 73.3 Å². The zero-order valence-corrected chi connectivity index (χ0v) is 25.1. The topological polar surface area (TPSA) is 105 Å². The number of ether oxygens (including phenoxy) is 4. The predicted octanol–water partition coefficient (Wildman–Crippen LogP) is 2.59. The van der Waals surface area contributed by atoms with Crippen molar-refractivity contribution in [3.05, 3.63) is 52.6 Å². The summed E-state index contributed by atoms with van der Waals surface area (Å²) < 4.78 is 22.8. The van der Waals surface area contributed by atoms with Crippen molar-refractivity contribution in [1.29, 1.82) is 0 Å². The molecular weight excluding hydrogens is 559 g/mol. The van der Waals surface area contributed by atoms with E-state index in [1.54, 1.807) is 27.7 Å². The molecule has 0 radical (unpaired) electrons. The van der Waals surface area contributed by atoms with E-state index in [9.17, 15) is 19.2 Å². The minimum absolute atomic E-state index is 0.00388. The van der Waals surface area contributed by atoms with E-state index < -0.39 is 46.9 Å². The van der Waals surface area contributed by atoms with Crippen molar-refractivity contribution in [3.63, 3.8) is 0 Å². The molecule has 0 aliphatic carbocycles. The molecule has 0 fully saturated rings. The van der Waals surface area contributed by atoms with Gasteiger partial charge in [-0.25, -0.2) is 0 Å². The van der Waals surface area contributed by atoms with Gasteiger partial charge < -0.3 is 0 Å². The quantitative estimate of drug-likeness (QED) is 0.223. The Morgan fingerprint density at radius 3 is 1.41 bits per heavy atom. The molecule has 200 valence electrons. The summed E-state index contributed by atoms with van der Waals surface area (Å²) in [6.45, 7) is 12.6. The Labute approximate surface area is 225 Å². The van der Waals surface area contributed by atoms with Gasteiger partial charge in [-0.05, 0) is 0 Å². The SMILES string of the molecule is CCOC(=O)c1c([Se]c2ccccc2)c([Si](C)(C)C)c(C(=O)OCC)c(C(=O)OCC)c1C(=O)OCC. The van der Waals surface area contributed by atoms with Crippen LogP contribution in [0.2, 0.25) is 19.6 Å². The van der Waals surface area contributed by atoms with E-state index in [2.05, 4.69) is 0 Å². The van der Waals surface area contributed by atoms with E-state index in [0.717, 1.165) is 4.46 Å². The molecule has 0 saturated carbocycles. The van der Waals surface area contributed by atoms with Crippen molar-refractivity contribution in [3.8, 4) is 0 Å². The van der Waals surface area contributed by atoms with Crippen LogP contribution in [-0.2, 0) is 18.9 Å². The molecule has 0 aliphatic heterocycles. The van der Waals surface area contributed by atoms with Crippen LogP contribution in [0.15, 0.2) is 30.3 Å². The molecule has 0 amide bonds.